The van der Waals surface area contributed by atoms with Crippen molar-refractivity contribution in [3.8, 4) is 0 Å². The van der Waals surface area contributed by atoms with Gasteiger partial charge in [-0.3, -0.25) is 4.55 Å². The Morgan fingerprint density at radius 2 is 1.89 bits per heavy atom. The van der Waals surface area contributed by atoms with Crippen LogP contribution in [0.5, 0.6) is 0 Å². The van der Waals surface area contributed by atoms with Crippen LogP contribution < -0.4 is 10.6 Å². The van der Waals surface area contributed by atoms with E-state index >= 15 is 0 Å². The fourth-order valence-corrected chi connectivity index (χ4v) is 1.76. The number of benzene rings is 1. The Bertz CT molecular complexity index is 546. The Morgan fingerprint density at radius 1 is 1.28 bits per heavy atom. The molecule has 0 spiro atoms. The van der Waals surface area contributed by atoms with Crippen LogP contribution in [-0.2, 0) is 10.1 Å². The molecule has 0 aliphatic rings. The molecule has 0 radical (unpaired) electrons. The van der Waals surface area contributed by atoms with Gasteiger partial charge in [-0.25, -0.2) is 4.79 Å². The Labute approximate surface area is 106 Å². The van der Waals surface area contributed by atoms with Gasteiger partial charge in [0.25, 0.3) is 10.1 Å². The topological polar surface area (TPSA) is 95.5 Å². The molecule has 3 N–H and O–H groups in total. The number of carbonyl (C=O) groups is 1. The quantitative estimate of drug-likeness (QED) is 0.716. The van der Waals surface area contributed by atoms with Gasteiger partial charge in [-0.2, -0.15) is 8.42 Å². The zero-order valence-electron chi connectivity index (χ0n) is 10.4. The highest BCUT2D eigenvalue weighted by Crippen LogP contribution is 2.15. The molecule has 0 fully saturated rings. The van der Waals surface area contributed by atoms with Gasteiger partial charge in [0.2, 0.25) is 0 Å². The molecule has 1 aromatic carbocycles. The monoisotopic (exact) mass is 272 g/mol. The lowest BCUT2D eigenvalue weighted by Crippen LogP contribution is -2.43. The largest absolute Gasteiger partial charge is 0.333 e. The van der Waals surface area contributed by atoms with Gasteiger partial charge >= 0.3 is 6.03 Å². The van der Waals surface area contributed by atoms with Crippen molar-refractivity contribution < 1.29 is 17.8 Å². The third-order valence-electron chi connectivity index (χ3n) is 1.88. The molecule has 1 aromatic rings. The first kappa shape index (κ1) is 14.5. The third-order valence-corrected chi connectivity index (χ3v) is 2.73. The van der Waals surface area contributed by atoms with E-state index in [-0.39, 0.29) is 10.6 Å². The second-order valence-corrected chi connectivity index (χ2v) is 6.25. The van der Waals surface area contributed by atoms with Crippen molar-refractivity contribution in [1.29, 1.82) is 0 Å². The number of carbonyl (C=O) groups excluding carboxylic acids is 1. The maximum Gasteiger partial charge on any atom is 0.319 e. The minimum atomic E-state index is -4.27. The van der Waals surface area contributed by atoms with Crippen molar-refractivity contribution in [3.05, 3.63) is 24.3 Å². The molecule has 0 saturated heterocycles. The van der Waals surface area contributed by atoms with E-state index in [0.717, 1.165) is 0 Å². The maximum absolute atomic E-state index is 11.6. The predicted molar refractivity (Wildman–Crippen MR) is 68.2 cm³/mol. The molecular formula is C11H16N2O4S. The first-order valence-corrected chi connectivity index (χ1v) is 6.69. The molecule has 6 nitrogen and oxygen atoms in total. The average molecular weight is 272 g/mol. The lowest BCUT2D eigenvalue weighted by Gasteiger charge is -2.20. The standard InChI is InChI=1S/C11H16N2O4S/c1-11(2,3)13-10(14)12-8-5-4-6-9(7-8)18(15,16)17/h4-7H,1-3H3,(H2,12,13,14)(H,15,16,17). The summed E-state index contributed by atoms with van der Waals surface area (Å²) in [5.74, 6) is 0. The van der Waals surface area contributed by atoms with E-state index in [2.05, 4.69) is 10.6 Å². The van der Waals surface area contributed by atoms with Crippen LogP contribution in [0.2, 0.25) is 0 Å². The number of amides is 2. The second-order valence-electron chi connectivity index (χ2n) is 4.83. The smallest absolute Gasteiger partial charge is 0.319 e. The number of urea groups is 1. The fraction of sp³-hybridized carbons (Fsp3) is 0.364. The molecule has 0 saturated carbocycles. The molecule has 0 unspecified atom stereocenters. The van der Waals surface area contributed by atoms with Crippen molar-refractivity contribution in [3.63, 3.8) is 0 Å². The van der Waals surface area contributed by atoms with Crippen LogP contribution in [0.15, 0.2) is 29.2 Å². The van der Waals surface area contributed by atoms with Gasteiger partial charge in [0.1, 0.15) is 0 Å². The fourth-order valence-electron chi connectivity index (χ4n) is 1.24. The van der Waals surface area contributed by atoms with Crippen LogP contribution in [0.4, 0.5) is 10.5 Å². The molecule has 0 bridgehead atoms. The highest BCUT2D eigenvalue weighted by Gasteiger charge is 2.14. The van der Waals surface area contributed by atoms with Crippen molar-refractivity contribution in [1.82, 2.24) is 5.32 Å². The molecule has 100 valence electrons. The van der Waals surface area contributed by atoms with Crippen LogP contribution in [0.25, 0.3) is 0 Å². The first-order chi connectivity index (χ1) is 8.08. The van der Waals surface area contributed by atoms with Gasteiger partial charge in [0.15, 0.2) is 0 Å². The zero-order valence-corrected chi connectivity index (χ0v) is 11.2. The Morgan fingerprint density at radius 3 is 2.39 bits per heavy atom. The second kappa shape index (κ2) is 4.95. The van der Waals surface area contributed by atoms with Gasteiger partial charge in [-0.05, 0) is 39.0 Å². The van der Waals surface area contributed by atoms with Crippen LogP contribution in [0, 0.1) is 0 Å². The molecule has 0 aromatic heterocycles. The summed E-state index contributed by atoms with van der Waals surface area (Å²) < 4.78 is 30.7. The summed E-state index contributed by atoms with van der Waals surface area (Å²) in [6, 6.07) is 4.92. The van der Waals surface area contributed by atoms with Gasteiger partial charge in [0.05, 0.1) is 4.90 Å². The van der Waals surface area contributed by atoms with Crippen LogP contribution in [0.1, 0.15) is 20.8 Å². The van der Waals surface area contributed by atoms with Crippen molar-refractivity contribution in [2.45, 2.75) is 31.2 Å². The summed E-state index contributed by atoms with van der Waals surface area (Å²) in [4.78, 5) is 11.3. The molecule has 0 heterocycles. The van der Waals surface area contributed by atoms with E-state index in [9.17, 15) is 13.2 Å². The number of anilines is 1. The first-order valence-electron chi connectivity index (χ1n) is 5.25. The van der Waals surface area contributed by atoms with E-state index in [1.807, 2.05) is 20.8 Å². The van der Waals surface area contributed by atoms with Crippen LogP contribution >= 0.6 is 0 Å². The van der Waals surface area contributed by atoms with Gasteiger partial charge in [0, 0.05) is 11.2 Å². The van der Waals surface area contributed by atoms with Gasteiger partial charge in [-0.15, -0.1) is 0 Å². The molecule has 2 amide bonds. The predicted octanol–water partition coefficient (Wildman–Crippen LogP) is 1.85. The zero-order chi connectivity index (χ0) is 14.0. The van der Waals surface area contributed by atoms with E-state index in [0.29, 0.717) is 0 Å². The number of rotatable bonds is 2. The summed E-state index contributed by atoms with van der Waals surface area (Å²) in [5, 5.41) is 5.15. The molecule has 0 aliphatic heterocycles. The number of hydrogen-bond donors (Lipinski definition) is 3. The molecule has 1 rings (SSSR count). The third kappa shape index (κ3) is 4.72. The summed E-state index contributed by atoms with van der Waals surface area (Å²) in [6.07, 6.45) is 0. The van der Waals surface area contributed by atoms with E-state index < -0.39 is 21.7 Å². The highest BCUT2D eigenvalue weighted by molar-refractivity contribution is 7.85. The van der Waals surface area contributed by atoms with Gasteiger partial charge < -0.3 is 10.6 Å². The average Bonchev–Trinajstić information content (AvgIpc) is 2.13. The summed E-state index contributed by atoms with van der Waals surface area (Å²) in [7, 11) is -4.27. The lowest BCUT2D eigenvalue weighted by molar-refractivity contribution is 0.244. The summed E-state index contributed by atoms with van der Waals surface area (Å²) in [5.41, 5.74) is -0.114. The highest BCUT2D eigenvalue weighted by atomic mass is 32.2. The molecular weight excluding hydrogens is 256 g/mol. The van der Waals surface area contributed by atoms with Crippen LogP contribution in [0.3, 0.4) is 0 Å². The summed E-state index contributed by atoms with van der Waals surface area (Å²) >= 11 is 0. The minimum absolute atomic E-state index is 0.268. The van der Waals surface area contributed by atoms with Crippen molar-refractivity contribution >= 4 is 21.8 Å². The molecule has 18 heavy (non-hydrogen) atoms. The van der Waals surface area contributed by atoms with Crippen molar-refractivity contribution in [2.75, 3.05) is 5.32 Å². The maximum atomic E-state index is 11.6. The lowest BCUT2D eigenvalue weighted by atomic mass is 10.1. The Kier molecular flexibility index (Phi) is 3.98. The Hall–Kier alpha value is -1.60. The normalized spacial score (nSPS) is 12.0. The van der Waals surface area contributed by atoms with Crippen molar-refractivity contribution in [2.24, 2.45) is 0 Å². The van der Waals surface area contributed by atoms with E-state index in [1.165, 1.54) is 24.3 Å². The van der Waals surface area contributed by atoms with Crippen LogP contribution in [-0.4, -0.2) is 24.5 Å². The Balaban J connectivity index is 2.84. The molecule has 0 aliphatic carbocycles. The van der Waals surface area contributed by atoms with Gasteiger partial charge in [-0.1, -0.05) is 6.07 Å². The molecule has 0 atom stereocenters. The summed E-state index contributed by atoms with van der Waals surface area (Å²) in [6.45, 7) is 5.46. The number of nitrogens with one attached hydrogen (secondary N) is 2. The SMILES string of the molecule is CC(C)(C)NC(=O)Nc1cccc(S(=O)(=O)O)c1. The van der Waals surface area contributed by atoms with E-state index in [1.54, 1.807) is 0 Å². The molecule has 7 heteroatoms. The van der Waals surface area contributed by atoms with E-state index in [4.69, 9.17) is 4.55 Å². The minimum Gasteiger partial charge on any atom is -0.333 e. The number of hydrogen-bond acceptors (Lipinski definition) is 3.